The van der Waals surface area contributed by atoms with Gasteiger partial charge in [0.05, 0.1) is 23.8 Å². The van der Waals surface area contributed by atoms with Crippen molar-refractivity contribution in [3.63, 3.8) is 0 Å². The van der Waals surface area contributed by atoms with E-state index in [9.17, 15) is 8.42 Å². The maximum Gasteiger partial charge on any atom is 0.268 e. The fourth-order valence-electron chi connectivity index (χ4n) is 3.17. The molecular weight excluding hydrogens is 390 g/mol. The average Bonchev–Trinajstić information content (AvgIpc) is 3.25. The minimum atomic E-state index is -3.19. The molecule has 29 heavy (non-hydrogen) atoms. The highest BCUT2D eigenvalue weighted by Crippen LogP contribution is 2.26. The third-order valence-corrected chi connectivity index (χ3v) is 6.70. The van der Waals surface area contributed by atoms with Gasteiger partial charge in [-0.3, -0.25) is 4.98 Å². The van der Waals surface area contributed by atoms with Crippen LogP contribution in [0.15, 0.2) is 53.2 Å². The largest absolute Gasteiger partial charge is 0.415 e. The van der Waals surface area contributed by atoms with Crippen LogP contribution in [0.3, 0.4) is 0 Å². The van der Waals surface area contributed by atoms with Crippen molar-refractivity contribution in [1.29, 1.82) is 0 Å². The van der Waals surface area contributed by atoms with Gasteiger partial charge in [0.25, 0.3) is 5.89 Å². The van der Waals surface area contributed by atoms with Crippen molar-refractivity contribution >= 4 is 15.6 Å². The second kappa shape index (κ2) is 8.22. The zero-order valence-corrected chi connectivity index (χ0v) is 16.8. The minimum absolute atomic E-state index is 0.173. The summed E-state index contributed by atoms with van der Waals surface area (Å²) < 4.78 is 31.7. The Morgan fingerprint density at radius 2 is 1.83 bits per heavy atom. The van der Waals surface area contributed by atoms with Crippen molar-refractivity contribution in [3.05, 3.63) is 54.5 Å². The number of sulfonamides is 1. The summed E-state index contributed by atoms with van der Waals surface area (Å²) in [5.74, 6) is 0.884. The van der Waals surface area contributed by atoms with Crippen LogP contribution in [0.25, 0.3) is 28.6 Å². The molecule has 150 valence electrons. The first-order chi connectivity index (χ1) is 14.1. The molecule has 0 radical (unpaired) electrons. The van der Waals surface area contributed by atoms with Crippen LogP contribution >= 0.6 is 0 Å². The van der Waals surface area contributed by atoms with Crippen LogP contribution in [-0.4, -0.2) is 51.7 Å². The molecular formula is C20H21N5O3S. The number of aromatic nitrogens is 4. The molecule has 8 nitrogen and oxygen atoms in total. The van der Waals surface area contributed by atoms with Crippen molar-refractivity contribution in [2.24, 2.45) is 0 Å². The molecule has 0 fully saturated rings. The van der Waals surface area contributed by atoms with E-state index in [2.05, 4.69) is 20.2 Å². The van der Waals surface area contributed by atoms with E-state index in [1.54, 1.807) is 12.4 Å². The topological polar surface area (TPSA) is 102 Å². The number of hydrogen-bond acceptors (Lipinski definition) is 7. The molecule has 0 unspecified atom stereocenters. The molecule has 0 bridgehead atoms. The summed E-state index contributed by atoms with van der Waals surface area (Å²) in [5, 5.41) is 8.17. The van der Waals surface area contributed by atoms with Crippen LogP contribution in [0.5, 0.6) is 0 Å². The molecule has 0 amide bonds. The Morgan fingerprint density at radius 1 is 1.07 bits per heavy atom. The molecule has 0 spiro atoms. The van der Waals surface area contributed by atoms with Crippen LogP contribution in [-0.2, 0) is 10.0 Å². The number of benzene rings is 1. The Kier molecular flexibility index (Phi) is 5.50. The first-order valence-electron chi connectivity index (χ1n) is 9.45. The lowest BCUT2D eigenvalue weighted by Gasteiger charge is -2.25. The molecule has 1 aliphatic rings. The number of nitrogens with zero attached hydrogens (tertiary/aromatic N) is 5. The van der Waals surface area contributed by atoms with Gasteiger partial charge in [-0.2, -0.15) is 4.31 Å². The Labute approximate surface area is 169 Å². The van der Waals surface area contributed by atoms with Crippen LogP contribution in [0.4, 0.5) is 0 Å². The lowest BCUT2D eigenvalue weighted by atomic mass is 10.1. The second-order valence-electron chi connectivity index (χ2n) is 6.72. The average molecular weight is 411 g/mol. The predicted octanol–water partition coefficient (Wildman–Crippen LogP) is 3.02. The van der Waals surface area contributed by atoms with Gasteiger partial charge in [0, 0.05) is 18.7 Å². The SMILES string of the molecule is CCCS(=O)(=O)N1CC=C(c2cncc(-c3nnc(-c4ccccc4)o3)n2)CC1. The highest BCUT2D eigenvalue weighted by molar-refractivity contribution is 7.89. The predicted molar refractivity (Wildman–Crippen MR) is 109 cm³/mol. The van der Waals surface area contributed by atoms with Crippen molar-refractivity contribution in [2.45, 2.75) is 19.8 Å². The Hall–Kier alpha value is -2.91. The monoisotopic (exact) mass is 411 g/mol. The van der Waals surface area contributed by atoms with E-state index in [-0.39, 0.29) is 5.75 Å². The summed E-state index contributed by atoms with van der Waals surface area (Å²) in [6.45, 7) is 2.66. The van der Waals surface area contributed by atoms with E-state index in [1.807, 2.05) is 43.3 Å². The summed E-state index contributed by atoms with van der Waals surface area (Å²) in [6.07, 6.45) is 6.33. The summed E-state index contributed by atoms with van der Waals surface area (Å²) in [7, 11) is -3.19. The zero-order valence-electron chi connectivity index (χ0n) is 16.0. The number of hydrogen-bond donors (Lipinski definition) is 0. The maximum absolute atomic E-state index is 12.2. The highest BCUT2D eigenvalue weighted by Gasteiger charge is 2.24. The highest BCUT2D eigenvalue weighted by atomic mass is 32.2. The first-order valence-corrected chi connectivity index (χ1v) is 11.1. The van der Waals surface area contributed by atoms with Gasteiger partial charge in [0.15, 0.2) is 0 Å². The van der Waals surface area contributed by atoms with Gasteiger partial charge in [-0.05, 0) is 30.5 Å². The van der Waals surface area contributed by atoms with E-state index in [0.29, 0.717) is 49.1 Å². The Morgan fingerprint density at radius 3 is 2.55 bits per heavy atom. The summed E-state index contributed by atoms with van der Waals surface area (Å²) in [4.78, 5) is 8.85. The maximum atomic E-state index is 12.2. The molecule has 4 rings (SSSR count). The summed E-state index contributed by atoms with van der Waals surface area (Å²) >= 11 is 0. The molecule has 0 atom stereocenters. The molecule has 3 heterocycles. The summed E-state index contributed by atoms with van der Waals surface area (Å²) in [6, 6.07) is 9.51. The zero-order chi connectivity index (χ0) is 20.3. The van der Waals surface area contributed by atoms with Gasteiger partial charge >= 0.3 is 0 Å². The molecule has 0 aliphatic carbocycles. The van der Waals surface area contributed by atoms with Crippen LogP contribution < -0.4 is 0 Å². The van der Waals surface area contributed by atoms with Gasteiger partial charge in [-0.25, -0.2) is 13.4 Å². The lowest BCUT2D eigenvalue weighted by molar-refractivity contribution is 0.440. The van der Waals surface area contributed by atoms with E-state index in [1.165, 1.54) is 4.31 Å². The van der Waals surface area contributed by atoms with E-state index < -0.39 is 10.0 Å². The fourth-order valence-corrected chi connectivity index (χ4v) is 4.62. The smallest absolute Gasteiger partial charge is 0.268 e. The van der Waals surface area contributed by atoms with Crippen molar-refractivity contribution in [2.75, 3.05) is 18.8 Å². The van der Waals surface area contributed by atoms with Crippen LogP contribution in [0, 0.1) is 0 Å². The summed E-state index contributed by atoms with van der Waals surface area (Å²) in [5.41, 5.74) is 2.97. The third kappa shape index (κ3) is 4.25. The van der Waals surface area contributed by atoms with Gasteiger partial charge in [-0.1, -0.05) is 31.2 Å². The van der Waals surface area contributed by atoms with Gasteiger partial charge in [0.1, 0.15) is 5.69 Å². The molecule has 3 aromatic rings. The molecule has 0 saturated carbocycles. The van der Waals surface area contributed by atoms with Crippen molar-refractivity contribution in [1.82, 2.24) is 24.5 Å². The Balaban J connectivity index is 1.54. The Bertz CT molecular complexity index is 1130. The van der Waals surface area contributed by atoms with Crippen molar-refractivity contribution < 1.29 is 12.8 Å². The first kappa shape index (κ1) is 19.4. The molecule has 9 heteroatoms. The molecule has 0 saturated heterocycles. The van der Waals surface area contributed by atoms with Gasteiger partial charge in [0.2, 0.25) is 15.9 Å². The third-order valence-electron chi connectivity index (χ3n) is 4.66. The fraction of sp³-hybridized carbons (Fsp3) is 0.300. The van der Waals surface area contributed by atoms with Crippen LogP contribution in [0.2, 0.25) is 0 Å². The van der Waals surface area contributed by atoms with E-state index in [0.717, 1.165) is 11.1 Å². The molecule has 2 aromatic heterocycles. The second-order valence-corrected chi connectivity index (χ2v) is 8.81. The quantitative estimate of drug-likeness (QED) is 0.614. The molecule has 1 aromatic carbocycles. The normalized spacial score (nSPS) is 15.3. The van der Waals surface area contributed by atoms with Crippen molar-refractivity contribution in [3.8, 4) is 23.0 Å². The lowest BCUT2D eigenvalue weighted by Crippen LogP contribution is -2.36. The number of rotatable bonds is 6. The van der Waals surface area contributed by atoms with Gasteiger partial charge in [-0.15, -0.1) is 10.2 Å². The van der Waals surface area contributed by atoms with E-state index in [4.69, 9.17) is 4.42 Å². The molecule has 1 aliphatic heterocycles. The standard InChI is InChI=1S/C20H21N5O3S/c1-2-12-29(26,27)25-10-8-15(9-11-25)17-13-21-14-18(22-17)20-24-23-19(28-20)16-6-4-3-5-7-16/h3-8,13-14H,2,9-12H2,1H3. The minimum Gasteiger partial charge on any atom is -0.415 e. The van der Waals surface area contributed by atoms with Crippen LogP contribution in [0.1, 0.15) is 25.5 Å². The van der Waals surface area contributed by atoms with E-state index >= 15 is 0 Å². The van der Waals surface area contributed by atoms with Gasteiger partial charge < -0.3 is 4.42 Å². The molecule has 0 N–H and O–H groups in total.